The Hall–Kier alpha value is -1.94. The Morgan fingerprint density at radius 2 is 2.07 bits per heavy atom. The first-order valence-electron chi connectivity index (χ1n) is 10.1. The number of hydrogen-bond donors (Lipinski definition) is 2. The third-order valence-electron chi connectivity index (χ3n) is 6.29. The number of likely N-dealkylation sites (tertiary alicyclic amines) is 1. The minimum Gasteiger partial charge on any atom is -0.463 e. The number of carbonyl (C=O) groups excluding carboxylic acids is 2. The number of nitrogens with one attached hydrogen (secondary N) is 1. The molecule has 3 aliphatic rings. The molecule has 4 rings (SSSR count). The Balaban J connectivity index is 1.18. The molecule has 1 spiro atoms. The molecule has 0 radical (unpaired) electrons. The van der Waals surface area contributed by atoms with Crippen molar-refractivity contribution < 1.29 is 28.7 Å². The van der Waals surface area contributed by atoms with E-state index in [0.29, 0.717) is 41.8 Å². The molecule has 0 saturated carbocycles. The predicted octanol–water partition coefficient (Wildman–Crippen LogP) is -0.402. The fourth-order valence-electron chi connectivity index (χ4n) is 4.27. The van der Waals surface area contributed by atoms with Gasteiger partial charge in [0.05, 0.1) is 19.8 Å². The molecule has 2 fully saturated rings. The summed E-state index contributed by atoms with van der Waals surface area (Å²) >= 11 is 0. The molecule has 0 atom stereocenters. The fourth-order valence-corrected chi connectivity index (χ4v) is 4.27. The third kappa shape index (κ3) is 4.33. The summed E-state index contributed by atoms with van der Waals surface area (Å²) in [6, 6.07) is 3.46. The number of hydrogen-bond acceptors (Lipinski definition) is 7. The van der Waals surface area contributed by atoms with E-state index in [2.05, 4.69) is 10.2 Å². The zero-order chi connectivity index (χ0) is 20.4. The van der Waals surface area contributed by atoms with Gasteiger partial charge >= 0.3 is 13.1 Å². The predicted molar refractivity (Wildman–Crippen MR) is 106 cm³/mol. The first-order chi connectivity index (χ1) is 14.0. The molecule has 3 heterocycles. The highest BCUT2D eigenvalue weighted by Gasteiger charge is 2.40. The molecule has 0 bridgehead atoms. The van der Waals surface area contributed by atoms with Gasteiger partial charge < -0.3 is 24.5 Å². The summed E-state index contributed by atoms with van der Waals surface area (Å²) in [5.74, 6) is -0.827. The van der Waals surface area contributed by atoms with Crippen LogP contribution in [0.25, 0.3) is 0 Å². The number of carbonyl (C=O) groups is 2. The summed E-state index contributed by atoms with van der Waals surface area (Å²) in [7, 11) is -1.01. The van der Waals surface area contributed by atoms with Crippen LogP contribution in [0.5, 0.6) is 0 Å². The summed E-state index contributed by atoms with van der Waals surface area (Å²) in [5.41, 5.74) is 2.99. The van der Waals surface area contributed by atoms with Crippen molar-refractivity contribution in [2.45, 2.75) is 26.4 Å². The van der Waals surface area contributed by atoms with Crippen molar-refractivity contribution in [3.63, 3.8) is 0 Å². The molecular weight excluding hydrogens is 375 g/mol. The first kappa shape index (κ1) is 20.3. The van der Waals surface area contributed by atoms with E-state index in [1.165, 1.54) is 0 Å². The van der Waals surface area contributed by atoms with Crippen LogP contribution in [0, 0.1) is 12.3 Å². The molecule has 1 aromatic carbocycles. The van der Waals surface area contributed by atoms with Crippen molar-refractivity contribution in [2.75, 3.05) is 46.0 Å². The highest BCUT2D eigenvalue weighted by Crippen LogP contribution is 2.38. The smallest absolute Gasteiger partial charge is 0.463 e. The Morgan fingerprint density at radius 1 is 1.31 bits per heavy atom. The molecule has 0 unspecified atom stereocenters. The van der Waals surface area contributed by atoms with Crippen molar-refractivity contribution in [1.82, 2.24) is 10.2 Å². The van der Waals surface area contributed by atoms with Gasteiger partial charge in [-0.15, -0.1) is 0 Å². The van der Waals surface area contributed by atoms with Crippen LogP contribution in [0.4, 0.5) is 0 Å². The molecule has 1 aromatic rings. The van der Waals surface area contributed by atoms with Gasteiger partial charge in [-0.3, -0.25) is 14.5 Å². The van der Waals surface area contributed by atoms with Crippen LogP contribution in [0.1, 0.15) is 34.3 Å². The third-order valence-corrected chi connectivity index (χ3v) is 6.29. The van der Waals surface area contributed by atoms with E-state index in [4.69, 9.17) is 14.1 Å². The monoisotopic (exact) mass is 402 g/mol. The topological polar surface area (TPSA) is 97.3 Å². The van der Waals surface area contributed by atoms with Crippen LogP contribution in [0.3, 0.4) is 0 Å². The lowest BCUT2D eigenvalue weighted by Gasteiger charge is -2.47. The highest BCUT2D eigenvalue weighted by molar-refractivity contribution is 6.62. The summed E-state index contributed by atoms with van der Waals surface area (Å²) in [6.07, 6.45) is 2.27. The van der Waals surface area contributed by atoms with Gasteiger partial charge in [-0.2, -0.15) is 0 Å². The lowest BCUT2D eigenvalue weighted by molar-refractivity contribution is -0.146. The second kappa shape index (κ2) is 8.43. The van der Waals surface area contributed by atoms with E-state index >= 15 is 0 Å². The minimum absolute atomic E-state index is 0.186. The quantitative estimate of drug-likeness (QED) is 0.494. The van der Waals surface area contributed by atoms with Crippen LogP contribution in [0.15, 0.2) is 12.1 Å². The molecule has 1 amide bonds. The number of esters is 1. The van der Waals surface area contributed by atoms with Crippen molar-refractivity contribution in [3.05, 3.63) is 28.8 Å². The van der Waals surface area contributed by atoms with Crippen LogP contribution in [-0.2, 0) is 25.5 Å². The molecule has 156 valence electrons. The Labute approximate surface area is 170 Å². The SMILES string of the molecule is Cc1c(C(=O)NCC(=O)OCCN2CCC3(CC2)COC3)ccc2c1B(O)OC2. The largest absolute Gasteiger partial charge is 0.492 e. The fraction of sp³-hybridized carbons (Fsp3) is 0.600. The van der Waals surface area contributed by atoms with E-state index in [0.717, 1.165) is 44.7 Å². The van der Waals surface area contributed by atoms with Crippen LogP contribution in [-0.4, -0.2) is 74.9 Å². The molecule has 29 heavy (non-hydrogen) atoms. The maximum atomic E-state index is 12.4. The minimum atomic E-state index is -1.01. The Bertz CT molecular complexity index is 787. The normalized spacial score (nSPS) is 20.3. The van der Waals surface area contributed by atoms with Gasteiger partial charge in [0, 0.05) is 17.5 Å². The molecule has 3 aliphatic heterocycles. The van der Waals surface area contributed by atoms with Crippen molar-refractivity contribution in [2.24, 2.45) is 5.41 Å². The molecule has 2 saturated heterocycles. The summed E-state index contributed by atoms with van der Waals surface area (Å²) < 4.78 is 15.8. The van der Waals surface area contributed by atoms with Gasteiger partial charge in [0.1, 0.15) is 13.2 Å². The Morgan fingerprint density at radius 3 is 2.76 bits per heavy atom. The van der Waals surface area contributed by atoms with Gasteiger partial charge in [0.15, 0.2) is 0 Å². The maximum Gasteiger partial charge on any atom is 0.492 e. The first-order valence-corrected chi connectivity index (χ1v) is 10.1. The lowest BCUT2D eigenvalue weighted by atomic mass is 9.75. The van der Waals surface area contributed by atoms with Crippen molar-refractivity contribution >= 4 is 24.5 Å². The second-order valence-electron chi connectivity index (χ2n) is 8.21. The molecule has 9 heteroatoms. The Kier molecular flexibility index (Phi) is 5.92. The summed E-state index contributed by atoms with van der Waals surface area (Å²) in [5, 5.41) is 12.5. The molecule has 0 aromatic heterocycles. The zero-order valence-corrected chi connectivity index (χ0v) is 16.7. The highest BCUT2D eigenvalue weighted by atomic mass is 16.5. The average molecular weight is 402 g/mol. The van der Waals surface area contributed by atoms with Crippen molar-refractivity contribution in [3.8, 4) is 0 Å². The number of fused-ring (bicyclic) bond motifs is 1. The number of rotatable bonds is 6. The van der Waals surface area contributed by atoms with Crippen LogP contribution in [0.2, 0.25) is 0 Å². The number of piperidine rings is 1. The average Bonchev–Trinajstić information content (AvgIpc) is 3.07. The van der Waals surface area contributed by atoms with E-state index in [1.807, 2.05) is 0 Å². The van der Waals surface area contributed by atoms with Gasteiger partial charge in [-0.05, 0) is 55.5 Å². The molecule has 2 N–H and O–H groups in total. The van der Waals surface area contributed by atoms with E-state index in [-0.39, 0.29) is 12.5 Å². The summed E-state index contributed by atoms with van der Waals surface area (Å²) in [4.78, 5) is 26.7. The second-order valence-corrected chi connectivity index (χ2v) is 8.21. The molecule has 0 aliphatic carbocycles. The molecule has 8 nitrogen and oxygen atoms in total. The van der Waals surface area contributed by atoms with E-state index < -0.39 is 13.1 Å². The van der Waals surface area contributed by atoms with Gasteiger partial charge in [-0.25, -0.2) is 0 Å². The molecular formula is C20H27BN2O6. The number of nitrogens with zero attached hydrogens (tertiary/aromatic N) is 1. The number of benzene rings is 1. The number of ether oxygens (including phenoxy) is 2. The van der Waals surface area contributed by atoms with Gasteiger partial charge in [0.25, 0.3) is 5.91 Å². The van der Waals surface area contributed by atoms with Gasteiger partial charge in [-0.1, -0.05) is 6.07 Å². The van der Waals surface area contributed by atoms with E-state index in [9.17, 15) is 14.6 Å². The maximum absolute atomic E-state index is 12.4. The lowest BCUT2D eigenvalue weighted by Crippen LogP contribution is -2.51. The zero-order valence-electron chi connectivity index (χ0n) is 16.7. The number of amides is 1. The van der Waals surface area contributed by atoms with Crippen molar-refractivity contribution in [1.29, 1.82) is 0 Å². The van der Waals surface area contributed by atoms with Crippen LogP contribution >= 0.6 is 0 Å². The van der Waals surface area contributed by atoms with Gasteiger partial charge in [0.2, 0.25) is 0 Å². The van der Waals surface area contributed by atoms with E-state index in [1.54, 1.807) is 19.1 Å². The standard InChI is InChI=1S/C20H27BN2O6/c1-14-16(3-2-15-11-29-21(26)18(14)15)19(25)22-10-17(24)28-9-8-23-6-4-20(5-7-23)12-27-13-20/h2-3,26H,4-13H2,1H3,(H,22,25). The van der Waals surface area contributed by atoms with Crippen LogP contribution < -0.4 is 10.8 Å². The summed E-state index contributed by atoms with van der Waals surface area (Å²) in [6.45, 7) is 6.71.